The van der Waals surface area contributed by atoms with Gasteiger partial charge in [-0.2, -0.15) is 0 Å². The maximum atomic E-state index is 6.12. The predicted molar refractivity (Wildman–Crippen MR) is 73.1 cm³/mol. The Labute approximate surface area is 115 Å². The third-order valence-corrected chi connectivity index (χ3v) is 2.98. The average molecular weight is 283 g/mol. The number of halogens is 2. The molecular formula is C13H12Cl2N2O. The molecule has 1 aromatic carbocycles. The number of aromatic nitrogens is 1. The van der Waals surface area contributed by atoms with Crippen LogP contribution in [0.3, 0.4) is 0 Å². The molecule has 0 bridgehead atoms. The average Bonchev–Trinajstić information content (AvgIpc) is 2.37. The minimum atomic E-state index is -0.320. The fraction of sp³-hybridized carbons (Fsp3) is 0.154. The lowest BCUT2D eigenvalue weighted by atomic mass is 10.1. The lowest BCUT2D eigenvalue weighted by molar-refractivity contribution is 0.213. The summed E-state index contributed by atoms with van der Waals surface area (Å²) in [5.41, 5.74) is 6.57. The van der Waals surface area contributed by atoms with Gasteiger partial charge in [-0.25, -0.2) is 0 Å². The molecule has 0 radical (unpaired) electrons. The molecule has 0 spiro atoms. The number of nitrogens with two attached hydrogens (primary N) is 1. The number of rotatable bonds is 4. The third-order valence-electron chi connectivity index (χ3n) is 2.42. The molecule has 0 aliphatic carbocycles. The first kappa shape index (κ1) is 13.1. The van der Waals surface area contributed by atoms with E-state index in [1.807, 2.05) is 18.2 Å². The van der Waals surface area contributed by atoms with Crippen LogP contribution in [0.5, 0.6) is 5.75 Å². The normalized spacial score (nSPS) is 12.2. The minimum Gasteiger partial charge on any atom is -0.483 e. The smallest absolute Gasteiger partial charge is 0.140 e. The second-order valence-electron chi connectivity index (χ2n) is 3.70. The van der Waals surface area contributed by atoms with E-state index in [2.05, 4.69) is 4.98 Å². The van der Waals surface area contributed by atoms with Gasteiger partial charge in [-0.05, 0) is 6.07 Å². The molecule has 1 atom stereocenters. The molecule has 3 nitrogen and oxygen atoms in total. The summed E-state index contributed by atoms with van der Waals surface area (Å²) in [4.78, 5) is 3.96. The molecule has 1 aromatic heterocycles. The van der Waals surface area contributed by atoms with E-state index in [0.717, 1.165) is 5.56 Å². The Kier molecular flexibility index (Phi) is 4.42. The van der Waals surface area contributed by atoms with E-state index in [-0.39, 0.29) is 6.10 Å². The van der Waals surface area contributed by atoms with Crippen LogP contribution >= 0.6 is 23.2 Å². The minimum absolute atomic E-state index is 0.316. The van der Waals surface area contributed by atoms with Gasteiger partial charge in [-0.1, -0.05) is 41.4 Å². The fourth-order valence-corrected chi connectivity index (χ4v) is 2.02. The maximum Gasteiger partial charge on any atom is 0.140 e. The lowest BCUT2D eigenvalue weighted by Crippen LogP contribution is -2.18. The molecule has 2 rings (SSSR count). The van der Waals surface area contributed by atoms with Crippen LogP contribution in [-0.4, -0.2) is 11.5 Å². The molecule has 94 valence electrons. The van der Waals surface area contributed by atoms with Crippen molar-refractivity contribution in [1.82, 2.24) is 4.98 Å². The number of ether oxygens (including phenoxy) is 1. The van der Waals surface area contributed by atoms with Crippen molar-refractivity contribution in [3.63, 3.8) is 0 Å². The van der Waals surface area contributed by atoms with Gasteiger partial charge in [-0.3, -0.25) is 4.98 Å². The number of nitrogens with zero attached hydrogens (tertiary/aromatic N) is 1. The lowest BCUT2D eigenvalue weighted by Gasteiger charge is -2.18. The largest absolute Gasteiger partial charge is 0.483 e. The molecule has 2 aromatic rings. The van der Waals surface area contributed by atoms with Crippen molar-refractivity contribution >= 4 is 23.2 Å². The van der Waals surface area contributed by atoms with E-state index in [9.17, 15) is 0 Å². The van der Waals surface area contributed by atoms with Gasteiger partial charge in [-0.15, -0.1) is 0 Å². The van der Waals surface area contributed by atoms with Gasteiger partial charge in [0.25, 0.3) is 0 Å². The molecule has 0 saturated heterocycles. The Hall–Kier alpha value is -1.29. The Morgan fingerprint density at radius 2 is 2.00 bits per heavy atom. The molecule has 1 heterocycles. The van der Waals surface area contributed by atoms with E-state index in [1.54, 1.807) is 24.5 Å². The molecule has 2 N–H and O–H groups in total. The molecular weight excluding hydrogens is 271 g/mol. The number of benzene rings is 1. The molecule has 0 aliphatic heterocycles. The highest BCUT2D eigenvalue weighted by Gasteiger charge is 2.14. The second kappa shape index (κ2) is 6.05. The predicted octanol–water partition coefficient (Wildman–Crippen LogP) is 3.47. The third kappa shape index (κ3) is 3.13. The number of pyridine rings is 1. The highest BCUT2D eigenvalue weighted by molar-refractivity contribution is 6.31. The van der Waals surface area contributed by atoms with Crippen LogP contribution in [0.2, 0.25) is 10.0 Å². The number of hydrogen-bond acceptors (Lipinski definition) is 3. The van der Waals surface area contributed by atoms with Gasteiger partial charge < -0.3 is 10.5 Å². The van der Waals surface area contributed by atoms with Crippen LogP contribution in [-0.2, 0) is 0 Å². The monoisotopic (exact) mass is 282 g/mol. The standard InChI is InChI=1S/C13H12Cl2N2O/c14-9-5-10(8-17-7-9)18-13(6-16)11-3-1-2-4-12(11)15/h1-5,7-8,13H,6,16H2. The number of hydrogen-bond donors (Lipinski definition) is 1. The first-order valence-corrected chi connectivity index (χ1v) is 6.18. The van der Waals surface area contributed by atoms with Crippen molar-refractivity contribution in [3.05, 3.63) is 58.3 Å². The van der Waals surface area contributed by atoms with Crippen LogP contribution < -0.4 is 10.5 Å². The molecule has 1 unspecified atom stereocenters. The van der Waals surface area contributed by atoms with Crippen LogP contribution in [0, 0.1) is 0 Å². The summed E-state index contributed by atoms with van der Waals surface area (Å²) < 4.78 is 5.75. The Bertz CT molecular complexity index is 534. The summed E-state index contributed by atoms with van der Waals surface area (Å²) >= 11 is 12.0. The fourth-order valence-electron chi connectivity index (χ4n) is 1.60. The van der Waals surface area contributed by atoms with E-state index in [4.69, 9.17) is 33.7 Å². The molecule has 0 fully saturated rings. The van der Waals surface area contributed by atoms with Crippen molar-refractivity contribution < 1.29 is 4.74 Å². The summed E-state index contributed by atoms with van der Waals surface area (Å²) in [5.74, 6) is 0.567. The summed E-state index contributed by atoms with van der Waals surface area (Å²) in [5, 5.41) is 1.14. The summed E-state index contributed by atoms with van der Waals surface area (Å²) in [6.45, 7) is 0.316. The highest BCUT2D eigenvalue weighted by Crippen LogP contribution is 2.27. The Morgan fingerprint density at radius 1 is 1.22 bits per heavy atom. The first-order valence-electron chi connectivity index (χ1n) is 5.42. The van der Waals surface area contributed by atoms with Crippen LogP contribution in [0.4, 0.5) is 0 Å². The van der Waals surface area contributed by atoms with Gasteiger partial charge in [0.2, 0.25) is 0 Å². The summed E-state index contributed by atoms with van der Waals surface area (Å²) in [7, 11) is 0. The summed E-state index contributed by atoms with van der Waals surface area (Å²) in [6.07, 6.45) is 2.81. The SMILES string of the molecule is NCC(Oc1cncc(Cl)c1)c1ccccc1Cl. The molecule has 5 heteroatoms. The van der Waals surface area contributed by atoms with Crippen molar-refractivity contribution in [2.75, 3.05) is 6.54 Å². The zero-order chi connectivity index (χ0) is 13.0. The topological polar surface area (TPSA) is 48.1 Å². The van der Waals surface area contributed by atoms with Crippen molar-refractivity contribution in [1.29, 1.82) is 0 Å². The van der Waals surface area contributed by atoms with E-state index >= 15 is 0 Å². The van der Waals surface area contributed by atoms with Crippen molar-refractivity contribution in [2.45, 2.75) is 6.10 Å². The van der Waals surface area contributed by atoms with Gasteiger partial charge in [0.1, 0.15) is 11.9 Å². The van der Waals surface area contributed by atoms with Gasteiger partial charge >= 0.3 is 0 Å². The van der Waals surface area contributed by atoms with Crippen LogP contribution in [0.15, 0.2) is 42.7 Å². The van der Waals surface area contributed by atoms with Gasteiger partial charge in [0.15, 0.2) is 0 Å². The first-order chi connectivity index (χ1) is 8.70. The van der Waals surface area contributed by atoms with E-state index in [1.165, 1.54) is 0 Å². The second-order valence-corrected chi connectivity index (χ2v) is 4.55. The van der Waals surface area contributed by atoms with E-state index < -0.39 is 0 Å². The molecule has 0 aliphatic rings. The van der Waals surface area contributed by atoms with Crippen molar-refractivity contribution in [2.24, 2.45) is 5.73 Å². The Balaban J connectivity index is 2.23. The zero-order valence-corrected chi connectivity index (χ0v) is 11.0. The molecule has 18 heavy (non-hydrogen) atoms. The van der Waals surface area contributed by atoms with E-state index in [0.29, 0.717) is 22.3 Å². The molecule has 0 saturated carbocycles. The summed E-state index contributed by atoms with van der Waals surface area (Å²) in [6, 6.07) is 9.13. The van der Waals surface area contributed by atoms with Gasteiger partial charge in [0, 0.05) is 29.4 Å². The molecule has 0 amide bonds. The Morgan fingerprint density at radius 3 is 2.67 bits per heavy atom. The van der Waals surface area contributed by atoms with Gasteiger partial charge in [0.05, 0.1) is 11.2 Å². The van der Waals surface area contributed by atoms with Crippen LogP contribution in [0.25, 0.3) is 0 Å². The quantitative estimate of drug-likeness (QED) is 0.934. The van der Waals surface area contributed by atoms with Crippen molar-refractivity contribution in [3.8, 4) is 5.75 Å². The zero-order valence-electron chi connectivity index (χ0n) is 9.51. The maximum absolute atomic E-state index is 6.12. The van der Waals surface area contributed by atoms with Crippen LogP contribution in [0.1, 0.15) is 11.7 Å². The highest BCUT2D eigenvalue weighted by atomic mass is 35.5.